The molecule has 3 aromatic rings. The van der Waals surface area contributed by atoms with Crippen molar-refractivity contribution in [2.24, 2.45) is 5.73 Å². The van der Waals surface area contributed by atoms with Crippen LogP contribution in [-0.2, 0) is 6.54 Å². The first-order valence-electron chi connectivity index (χ1n) is 7.20. The second-order valence-corrected chi connectivity index (χ2v) is 5.91. The first-order valence-corrected chi connectivity index (χ1v) is 8.01. The lowest BCUT2D eigenvalue weighted by Crippen LogP contribution is -1.94. The van der Waals surface area contributed by atoms with Crippen LogP contribution in [0.15, 0.2) is 42.6 Å². The van der Waals surface area contributed by atoms with Gasteiger partial charge in [0.15, 0.2) is 0 Å². The molecule has 2 heterocycles. The quantitative estimate of drug-likeness (QED) is 0.727. The summed E-state index contributed by atoms with van der Waals surface area (Å²) in [6.07, 6.45) is 5.49. The number of hydrogen-bond acceptors (Lipinski definition) is 5. The zero-order valence-electron chi connectivity index (χ0n) is 12.7. The van der Waals surface area contributed by atoms with E-state index in [0.717, 1.165) is 32.2 Å². The highest BCUT2D eigenvalue weighted by molar-refractivity contribution is 7.19. The van der Waals surface area contributed by atoms with Gasteiger partial charge < -0.3 is 11.1 Å². The lowest BCUT2D eigenvalue weighted by Gasteiger charge is -1.96. The molecule has 5 heteroatoms. The molecule has 1 aromatic carbocycles. The SMILES string of the molecule is CNc1ccc(C#CC=Cc2nc3ccc(CN)cc3s2)cn1. The van der Waals surface area contributed by atoms with Crippen molar-refractivity contribution in [2.75, 3.05) is 12.4 Å². The zero-order chi connectivity index (χ0) is 16.1. The van der Waals surface area contributed by atoms with E-state index in [1.54, 1.807) is 17.5 Å². The summed E-state index contributed by atoms with van der Waals surface area (Å²) >= 11 is 1.64. The van der Waals surface area contributed by atoms with Crippen LogP contribution in [0.1, 0.15) is 16.1 Å². The van der Waals surface area contributed by atoms with Crippen molar-refractivity contribution in [3.8, 4) is 11.8 Å². The molecule has 0 spiro atoms. The van der Waals surface area contributed by atoms with E-state index in [1.807, 2.05) is 43.5 Å². The normalized spacial score (nSPS) is 10.7. The maximum absolute atomic E-state index is 5.66. The van der Waals surface area contributed by atoms with E-state index >= 15 is 0 Å². The van der Waals surface area contributed by atoms with Crippen LogP contribution in [0.25, 0.3) is 16.3 Å². The largest absolute Gasteiger partial charge is 0.373 e. The third kappa shape index (κ3) is 3.75. The molecule has 3 N–H and O–H groups in total. The second-order valence-electron chi connectivity index (χ2n) is 4.84. The number of aromatic nitrogens is 2. The number of anilines is 1. The lowest BCUT2D eigenvalue weighted by molar-refractivity contribution is 1.08. The third-order valence-electron chi connectivity index (χ3n) is 3.25. The van der Waals surface area contributed by atoms with Gasteiger partial charge in [0.05, 0.1) is 10.2 Å². The molecule has 0 aliphatic rings. The average Bonchev–Trinajstić information content (AvgIpc) is 3.01. The Balaban J connectivity index is 1.74. The van der Waals surface area contributed by atoms with Gasteiger partial charge in [0.2, 0.25) is 0 Å². The van der Waals surface area contributed by atoms with E-state index in [2.05, 4.69) is 33.2 Å². The molecule has 0 saturated heterocycles. The molecule has 0 saturated carbocycles. The number of nitrogens with zero attached hydrogens (tertiary/aromatic N) is 2. The number of nitrogens with two attached hydrogens (primary N) is 1. The Hall–Kier alpha value is -2.68. The summed E-state index contributed by atoms with van der Waals surface area (Å²) in [5.74, 6) is 6.89. The molecule has 0 bridgehead atoms. The monoisotopic (exact) mass is 320 g/mol. The van der Waals surface area contributed by atoms with E-state index in [4.69, 9.17) is 5.73 Å². The molecule has 0 aliphatic heterocycles. The highest BCUT2D eigenvalue weighted by Crippen LogP contribution is 2.24. The van der Waals surface area contributed by atoms with Gasteiger partial charge in [-0.1, -0.05) is 17.9 Å². The number of allylic oxidation sites excluding steroid dienone is 1. The Morgan fingerprint density at radius 3 is 2.96 bits per heavy atom. The Kier molecular flexibility index (Phi) is 4.67. The lowest BCUT2D eigenvalue weighted by atomic mass is 10.2. The van der Waals surface area contributed by atoms with Gasteiger partial charge in [0.1, 0.15) is 10.8 Å². The Bertz CT molecular complexity index is 898. The number of fused-ring (bicyclic) bond motifs is 1. The molecule has 0 unspecified atom stereocenters. The van der Waals surface area contributed by atoms with Gasteiger partial charge in [0.25, 0.3) is 0 Å². The molecule has 3 rings (SSSR count). The number of thiazole rings is 1. The van der Waals surface area contributed by atoms with Gasteiger partial charge in [0, 0.05) is 25.4 Å². The fourth-order valence-corrected chi connectivity index (χ4v) is 2.97. The van der Waals surface area contributed by atoms with Crippen molar-refractivity contribution in [2.45, 2.75) is 6.54 Å². The van der Waals surface area contributed by atoms with E-state index in [9.17, 15) is 0 Å². The first-order chi connectivity index (χ1) is 11.3. The molecule has 0 amide bonds. The van der Waals surface area contributed by atoms with Gasteiger partial charge in [-0.2, -0.15) is 0 Å². The summed E-state index contributed by atoms with van der Waals surface area (Å²) in [5.41, 5.74) is 8.65. The van der Waals surface area contributed by atoms with Crippen LogP contribution in [0.4, 0.5) is 5.82 Å². The highest BCUT2D eigenvalue weighted by atomic mass is 32.1. The van der Waals surface area contributed by atoms with E-state index in [-0.39, 0.29) is 0 Å². The van der Waals surface area contributed by atoms with Crippen molar-refractivity contribution in [1.82, 2.24) is 9.97 Å². The molecule has 0 atom stereocenters. The Morgan fingerprint density at radius 2 is 2.22 bits per heavy atom. The number of benzene rings is 1. The Labute approximate surface area is 139 Å². The van der Waals surface area contributed by atoms with Crippen molar-refractivity contribution < 1.29 is 0 Å². The predicted molar refractivity (Wildman–Crippen MR) is 97.2 cm³/mol. The molecule has 114 valence electrons. The van der Waals surface area contributed by atoms with Crippen molar-refractivity contribution in [3.63, 3.8) is 0 Å². The molecule has 4 nitrogen and oxygen atoms in total. The minimum absolute atomic E-state index is 0.546. The van der Waals surface area contributed by atoms with Crippen molar-refractivity contribution in [1.29, 1.82) is 0 Å². The zero-order valence-corrected chi connectivity index (χ0v) is 13.5. The minimum atomic E-state index is 0.546. The average molecular weight is 320 g/mol. The fraction of sp³-hybridized carbons (Fsp3) is 0.111. The van der Waals surface area contributed by atoms with Gasteiger partial charge in [-0.15, -0.1) is 11.3 Å². The molecular weight excluding hydrogens is 304 g/mol. The number of rotatable bonds is 3. The standard InChI is InChI=1S/C18H16N4S/c1-20-17-9-7-13(12-21-17)4-2-3-5-18-22-15-8-6-14(11-19)10-16(15)23-18/h3,5-10,12H,11,19H2,1H3,(H,20,21). The fourth-order valence-electron chi connectivity index (χ4n) is 2.04. The summed E-state index contributed by atoms with van der Waals surface area (Å²) in [5, 5.41) is 3.91. The highest BCUT2D eigenvalue weighted by Gasteiger charge is 2.01. The Morgan fingerprint density at radius 1 is 1.30 bits per heavy atom. The maximum Gasteiger partial charge on any atom is 0.125 e. The number of hydrogen-bond donors (Lipinski definition) is 2. The second kappa shape index (κ2) is 7.05. The van der Waals surface area contributed by atoms with Gasteiger partial charge >= 0.3 is 0 Å². The molecule has 0 radical (unpaired) electrons. The van der Waals surface area contributed by atoms with Gasteiger partial charge in [-0.3, -0.25) is 0 Å². The van der Waals surface area contributed by atoms with Crippen LogP contribution in [0, 0.1) is 11.8 Å². The van der Waals surface area contributed by atoms with Crippen LogP contribution in [0.5, 0.6) is 0 Å². The van der Waals surface area contributed by atoms with Gasteiger partial charge in [-0.05, 0) is 42.0 Å². The van der Waals surface area contributed by atoms with E-state index in [0.29, 0.717) is 6.54 Å². The van der Waals surface area contributed by atoms with Gasteiger partial charge in [-0.25, -0.2) is 9.97 Å². The molecule has 0 fully saturated rings. The van der Waals surface area contributed by atoms with Crippen LogP contribution in [-0.4, -0.2) is 17.0 Å². The number of pyridine rings is 1. The van der Waals surface area contributed by atoms with E-state index in [1.165, 1.54) is 0 Å². The molecular formula is C18H16N4S. The number of nitrogens with one attached hydrogen (secondary N) is 1. The van der Waals surface area contributed by atoms with Crippen LogP contribution in [0.3, 0.4) is 0 Å². The van der Waals surface area contributed by atoms with Crippen LogP contribution >= 0.6 is 11.3 Å². The molecule has 2 aromatic heterocycles. The summed E-state index contributed by atoms with van der Waals surface area (Å²) in [6.45, 7) is 0.546. The third-order valence-corrected chi connectivity index (χ3v) is 4.23. The first kappa shape index (κ1) is 15.2. The predicted octanol–water partition coefficient (Wildman–Crippen LogP) is 3.26. The topological polar surface area (TPSA) is 63.8 Å². The van der Waals surface area contributed by atoms with Crippen molar-refractivity contribution in [3.05, 3.63) is 58.7 Å². The molecule has 23 heavy (non-hydrogen) atoms. The minimum Gasteiger partial charge on any atom is -0.373 e. The summed E-state index contributed by atoms with van der Waals surface area (Å²) < 4.78 is 1.15. The summed E-state index contributed by atoms with van der Waals surface area (Å²) in [4.78, 5) is 8.78. The van der Waals surface area contributed by atoms with Crippen LogP contribution < -0.4 is 11.1 Å². The van der Waals surface area contributed by atoms with E-state index < -0.39 is 0 Å². The maximum atomic E-state index is 5.66. The summed E-state index contributed by atoms with van der Waals surface area (Å²) in [7, 11) is 1.84. The van der Waals surface area contributed by atoms with Crippen LogP contribution in [0.2, 0.25) is 0 Å². The molecule has 0 aliphatic carbocycles. The summed E-state index contributed by atoms with van der Waals surface area (Å²) in [6, 6.07) is 9.94. The smallest absolute Gasteiger partial charge is 0.125 e. The van der Waals surface area contributed by atoms with Crippen molar-refractivity contribution >= 4 is 33.4 Å².